The molecule has 20 heavy (non-hydrogen) atoms. The van der Waals surface area contributed by atoms with E-state index in [2.05, 4.69) is 27.5 Å². The van der Waals surface area contributed by atoms with Gasteiger partial charge < -0.3 is 5.32 Å². The van der Waals surface area contributed by atoms with Crippen molar-refractivity contribution in [3.63, 3.8) is 0 Å². The maximum absolute atomic E-state index is 12.1. The molecule has 0 fully saturated rings. The van der Waals surface area contributed by atoms with Gasteiger partial charge in [-0.25, -0.2) is 0 Å². The molecule has 2 rings (SSSR count). The van der Waals surface area contributed by atoms with Gasteiger partial charge in [0, 0.05) is 19.5 Å². The average Bonchev–Trinajstić information content (AvgIpc) is 2.86. The van der Waals surface area contributed by atoms with E-state index in [0.29, 0.717) is 10.6 Å². The third-order valence-electron chi connectivity index (χ3n) is 2.88. The minimum atomic E-state index is -0.150. The first-order valence-corrected chi connectivity index (χ1v) is 6.86. The molecule has 1 amide bonds. The second-order valence-corrected chi connectivity index (χ2v) is 5.01. The minimum absolute atomic E-state index is 0.148. The van der Waals surface area contributed by atoms with Gasteiger partial charge in [0.1, 0.15) is 18.2 Å². The lowest BCUT2D eigenvalue weighted by Gasteiger charge is -2.07. The van der Waals surface area contributed by atoms with Crippen LogP contribution in [0.4, 0.5) is 5.82 Å². The minimum Gasteiger partial charge on any atom is -0.309 e. The summed E-state index contributed by atoms with van der Waals surface area (Å²) in [5.41, 5.74) is 0.856. The predicted molar refractivity (Wildman–Crippen MR) is 78.0 cm³/mol. The molecule has 0 saturated carbocycles. The molecule has 0 bridgehead atoms. The van der Waals surface area contributed by atoms with Crippen LogP contribution in [-0.4, -0.2) is 30.5 Å². The van der Waals surface area contributed by atoms with Gasteiger partial charge in [0.2, 0.25) is 5.91 Å². The van der Waals surface area contributed by atoms with Crippen molar-refractivity contribution in [2.24, 2.45) is 7.05 Å². The van der Waals surface area contributed by atoms with E-state index in [1.807, 2.05) is 13.0 Å². The smallest absolute Gasteiger partial charge is 0.245 e. The number of hydrogen-bond donors (Lipinski definition) is 2. The predicted octanol–water partition coefficient (Wildman–Crippen LogP) is 1.57. The Morgan fingerprint density at radius 3 is 2.90 bits per heavy atom. The van der Waals surface area contributed by atoms with E-state index in [0.717, 1.165) is 24.4 Å². The number of carbonyl (C=O) groups is 1. The molecule has 2 N–H and O–H groups in total. The summed E-state index contributed by atoms with van der Waals surface area (Å²) in [4.78, 5) is 12.1. The van der Waals surface area contributed by atoms with Gasteiger partial charge >= 0.3 is 0 Å². The summed E-state index contributed by atoms with van der Waals surface area (Å²) in [6.45, 7) is 4.08. The molecule has 0 radical (unpaired) electrons. The Balaban J connectivity index is 2.10. The number of nitrogens with one attached hydrogen (secondary N) is 2. The van der Waals surface area contributed by atoms with Gasteiger partial charge in [-0.1, -0.05) is 6.92 Å². The van der Waals surface area contributed by atoms with Crippen LogP contribution in [-0.2, 0) is 24.8 Å². The van der Waals surface area contributed by atoms with E-state index >= 15 is 0 Å². The average molecular weight is 294 g/mol. The van der Waals surface area contributed by atoms with Crippen LogP contribution in [0.3, 0.4) is 0 Å². The van der Waals surface area contributed by atoms with E-state index in [1.165, 1.54) is 0 Å². The first-order valence-electron chi connectivity index (χ1n) is 6.45. The monoisotopic (exact) mass is 294 g/mol. The molecular formula is C12H18N6OS. The van der Waals surface area contributed by atoms with Crippen LogP contribution in [0.1, 0.15) is 24.9 Å². The number of anilines is 1. The highest BCUT2D eigenvalue weighted by Gasteiger charge is 2.11. The maximum Gasteiger partial charge on any atom is 0.245 e. The molecule has 0 aliphatic rings. The summed E-state index contributed by atoms with van der Waals surface area (Å²) < 4.78 is 3.82. The van der Waals surface area contributed by atoms with Crippen molar-refractivity contribution < 1.29 is 4.79 Å². The fourth-order valence-electron chi connectivity index (χ4n) is 1.98. The normalized spacial score (nSPS) is 10.8. The number of H-pyrrole nitrogens is 1. The van der Waals surface area contributed by atoms with E-state index in [4.69, 9.17) is 12.2 Å². The van der Waals surface area contributed by atoms with Crippen LogP contribution in [0.5, 0.6) is 0 Å². The topological polar surface area (TPSA) is 80.5 Å². The number of amides is 1. The van der Waals surface area contributed by atoms with Crippen molar-refractivity contribution in [1.82, 2.24) is 24.5 Å². The molecule has 7 nitrogen and oxygen atoms in total. The van der Waals surface area contributed by atoms with Gasteiger partial charge in [-0.15, -0.1) is 0 Å². The summed E-state index contributed by atoms with van der Waals surface area (Å²) in [5, 5.41) is 13.9. The summed E-state index contributed by atoms with van der Waals surface area (Å²) in [6, 6.07) is 1.82. The molecule has 0 spiro atoms. The fourth-order valence-corrected chi connectivity index (χ4v) is 2.20. The molecule has 0 aliphatic heterocycles. The summed E-state index contributed by atoms with van der Waals surface area (Å²) >= 11 is 5.15. The van der Waals surface area contributed by atoms with Crippen LogP contribution < -0.4 is 5.32 Å². The number of nitrogens with zero attached hydrogens (tertiary/aromatic N) is 4. The lowest BCUT2D eigenvalue weighted by atomic mass is 10.3. The van der Waals surface area contributed by atoms with Crippen LogP contribution in [0.25, 0.3) is 0 Å². The molecule has 108 valence electrons. The van der Waals surface area contributed by atoms with Gasteiger partial charge in [0.25, 0.3) is 0 Å². The van der Waals surface area contributed by atoms with Gasteiger partial charge in [0.05, 0.1) is 5.69 Å². The summed E-state index contributed by atoms with van der Waals surface area (Å²) in [6.07, 6.45) is 1.73. The number of aromatic nitrogens is 5. The third-order valence-corrected chi connectivity index (χ3v) is 3.19. The molecule has 2 aromatic heterocycles. The molecule has 2 aromatic rings. The maximum atomic E-state index is 12.1. The standard InChI is InChI=1S/C12H18N6OS/c1-4-5-9-14-15-12(20)18(9)7-11(19)13-10-6-8(2)16-17(10)3/h6H,4-5,7H2,1-3H3,(H,13,19)(H,15,20). The lowest BCUT2D eigenvalue weighted by Crippen LogP contribution is -2.21. The quantitative estimate of drug-likeness (QED) is 0.820. The molecule has 8 heteroatoms. The Morgan fingerprint density at radius 2 is 2.30 bits per heavy atom. The molecular weight excluding hydrogens is 276 g/mol. The SMILES string of the molecule is CCCc1n[nH]c(=S)n1CC(=O)Nc1cc(C)nn1C. The van der Waals surface area contributed by atoms with Crippen molar-refractivity contribution in [2.45, 2.75) is 33.2 Å². The molecule has 0 unspecified atom stereocenters. The Bertz CT molecular complexity index is 668. The summed E-state index contributed by atoms with van der Waals surface area (Å²) in [7, 11) is 1.79. The number of hydrogen-bond acceptors (Lipinski definition) is 4. The fraction of sp³-hybridized carbons (Fsp3) is 0.500. The zero-order valence-corrected chi connectivity index (χ0v) is 12.6. The van der Waals surface area contributed by atoms with E-state index in [1.54, 1.807) is 16.3 Å². The number of aromatic amines is 1. The Kier molecular flexibility index (Phi) is 4.33. The second-order valence-electron chi connectivity index (χ2n) is 4.62. The highest BCUT2D eigenvalue weighted by molar-refractivity contribution is 7.71. The molecule has 0 aromatic carbocycles. The lowest BCUT2D eigenvalue weighted by molar-refractivity contribution is -0.116. The van der Waals surface area contributed by atoms with Gasteiger partial charge in [-0.2, -0.15) is 10.2 Å². The van der Waals surface area contributed by atoms with Gasteiger partial charge in [-0.05, 0) is 25.6 Å². The van der Waals surface area contributed by atoms with Crippen LogP contribution >= 0.6 is 12.2 Å². The van der Waals surface area contributed by atoms with Crippen LogP contribution in [0.15, 0.2) is 6.07 Å². The number of carbonyl (C=O) groups excluding carboxylic acids is 1. The third kappa shape index (κ3) is 3.13. The zero-order chi connectivity index (χ0) is 14.7. The highest BCUT2D eigenvalue weighted by atomic mass is 32.1. The Morgan fingerprint density at radius 1 is 1.55 bits per heavy atom. The molecule has 0 aliphatic carbocycles. The van der Waals surface area contributed by atoms with Crippen molar-refractivity contribution in [3.8, 4) is 0 Å². The van der Waals surface area contributed by atoms with Crippen molar-refractivity contribution in [2.75, 3.05) is 5.32 Å². The first-order chi connectivity index (χ1) is 9.51. The van der Waals surface area contributed by atoms with Crippen LogP contribution in [0.2, 0.25) is 0 Å². The van der Waals surface area contributed by atoms with E-state index < -0.39 is 0 Å². The highest BCUT2D eigenvalue weighted by Crippen LogP contribution is 2.08. The van der Waals surface area contributed by atoms with Gasteiger partial charge in [0.15, 0.2) is 4.77 Å². The number of aryl methyl sites for hydroxylation is 3. The van der Waals surface area contributed by atoms with Crippen molar-refractivity contribution in [1.29, 1.82) is 0 Å². The van der Waals surface area contributed by atoms with Crippen molar-refractivity contribution in [3.05, 3.63) is 22.4 Å². The van der Waals surface area contributed by atoms with Gasteiger partial charge in [-0.3, -0.25) is 19.1 Å². The van der Waals surface area contributed by atoms with E-state index in [-0.39, 0.29) is 12.5 Å². The Labute approximate surface area is 122 Å². The Hall–Kier alpha value is -1.96. The number of rotatable bonds is 5. The molecule has 0 saturated heterocycles. The largest absolute Gasteiger partial charge is 0.309 e. The molecule has 2 heterocycles. The van der Waals surface area contributed by atoms with Crippen molar-refractivity contribution >= 4 is 23.9 Å². The van der Waals surface area contributed by atoms with E-state index in [9.17, 15) is 4.79 Å². The first kappa shape index (κ1) is 14.4. The zero-order valence-electron chi connectivity index (χ0n) is 11.8. The molecule has 0 atom stereocenters. The summed E-state index contributed by atoms with van der Waals surface area (Å²) in [5.74, 6) is 1.32. The van der Waals surface area contributed by atoms with Crippen LogP contribution in [0, 0.1) is 11.7 Å². The second kappa shape index (κ2) is 6.00.